The Balaban J connectivity index is 2.74. The summed E-state index contributed by atoms with van der Waals surface area (Å²) in [7, 11) is 0. The van der Waals surface area contributed by atoms with Gasteiger partial charge in [0.15, 0.2) is 6.10 Å². The van der Waals surface area contributed by atoms with E-state index in [2.05, 4.69) is 15.9 Å². The van der Waals surface area contributed by atoms with Crippen LogP contribution in [0.1, 0.15) is 6.92 Å². The number of hydrogen-bond acceptors (Lipinski definition) is 2. The fraction of sp³-hybridized carbons (Fsp3) is 0.222. The normalized spacial score (nSPS) is 12.2. The molecule has 1 rings (SSSR count). The van der Waals surface area contributed by atoms with Crippen LogP contribution < -0.4 is 4.74 Å². The molecule has 0 aliphatic heterocycles. The highest BCUT2D eigenvalue weighted by Crippen LogP contribution is 2.24. The van der Waals surface area contributed by atoms with Crippen molar-refractivity contribution in [3.05, 3.63) is 28.7 Å². The first-order valence-corrected chi connectivity index (χ1v) is 4.89. The van der Waals surface area contributed by atoms with Gasteiger partial charge in [-0.2, -0.15) is 0 Å². The molecule has 0 spiro atoms. The van der Waals surface area contributed by atoms with Gasteiger partial charge in [-0.1, -0.05) is 12.1 Å². The number of carbonyl (C=O) groups is 1. The van der Waals surface area contributed by atoms with Crippen LogP contribution in [0.25, 0.3) is 0 Å². The first kappa shape index (κ1) is 10.5. The van der Waals surface area contributed by atoms with Crippen molar-refractivity contribution in [2.75, 3.05) is 0 Å². The van der Waals surface area contributed by atoms with Crippen LogP contribution in [-0.2, 0) is 4.79 Å². The number of para-hydroxylation sites is 1. The third kappa shape index (κ3) is 3.01. The SMILES string of the molecule is C[C@@H](Oc1ccccc1Br)C(=O)Cl. The zero-order valence-electron chi connectivity index (χ0n) is 6.96. The van der Waals surface area contributed by atoms with Crippen molar-refractivity contribution in [3.63, 3.8) is 0 Å². The molecule has 1 aromatic carbocycles. The highest BCUT2D eigenvalue weighted by Gasteiger charge is 2.12. The lowest BCUT2D eigenvalue weighted by Crippen LogP contribution is -2.18. The molecule has 1 atom stereocenters. The summed E-state index contributed by atoms with van der Waals surface area (Å²) in [5.41, 5.74) is 0. The number of ether oxygens (including phenoxy) is 1. The molecule has 0 saturated heterocycles. The van der Waals surface area contributed by atoms with E-state index < -0.39 is 11.3 Å². The smallest absolute Gasteiger partial charge is 0.262 e. The molecule has 0 fully saturated rings. The molecular formula is C9H8BrClO2. The lowest BCUT2D eigenvalue weighted by Gasteiger charge is -2.11. The largest absolute Gasteiger partial charge is 0.480 e. The molecule has 0 aliphatic rings. The summed E-state index contributed by atoms with van der Waals surface area (Å²) in [6.45, 7) is 1.61. The first-order valence-electron chi connectivity index (χ1n) is 3.72. The van der Waals surface area contributed by atoms with E-state index in [1.807, 2.05) is 18.2 Å². The zero-order valence-corrected chi connectivity index (χ0v) is 9.30. The maximum absolute atomic E-state index is 10.7. The lowest BCUT2D eigenvalue weighted by atomic mass is 10.3. The second-order valence-electron chi connectivity index (χ2n) is 2.49. The van der Waals surface area contributed by atoms with Gasteiger partial charge in [0.2, 0.25) is 0 Å². The Kier molecular flexibility index (Phi) is 3.75. The van der Waals surface area contributed by atoms with Gasteiger partial charge in [0.25, 0.3) is 5.24 Å². The molecule has 70 valence electrons. The van der Waals surface area contributed by atoms with Crippen molar-refractivity contribution in [2.24, 2.45) is 0 Å². The molecule has 0 aliphatic carbocycles. The maximum atomic E-state index is 10.7. The second-order valence-corrected chi connectivity index (χ2v) is 3.72. The number of carbonyl (C=O) groups excluding carboxylic acids is 1. The summed E-state index contributed by atoms with van der Waals surface area (Å²) in [6, 6.07) is 7.29. The van der Waals surface area contributed by atoms with E-state index in [1.54, 1.807) is 13.0 Å². The van der Waals surface area contributed by atoms with Crippen LogP contribution in [0.2, 0.25) is 0 Å². The van der Waals surface area contributed by atoms with Crippen molar-refractivity contribution < 1.29 is 9.53 Å². The van der Waals surface area contributed by atoms with Crippen LogP contribution in [0, 0.1) is 0 Å². The molecule has 0 N–H and O–H groups in total. The number of hydrogen-bond donors (Lipinski definition) is 0. The van der Waals surface area contributed by atoms with Crippen LogP contribution in [0.4, 0.5) is 0 Å². The highest BCUT2D eigenvalue weighted by atomic mass is 79.9. The Hall–Kier alpha value is -0.540. The number of rotatable bonds is 3. The Labute approximate surface area is 90.0 Å². The monoisotopic (exact) mass is 262 g/mol. The van der Waals surface area contributed by atoms with Gasteiger partial charge in [-0.25, -0.2) is 0 Å². The van der Waals surface area contributed by atoms with Crippen molar-refractivity contribution in [1.29, 1.82) is 0 Å². The van der Waals surface area contributed by atoms with E-state index in [4.69, 9.17) is 16.3 Å². The van der Waals surface area contributed by atoms with Crippen LogP contribution in [0.15, 0.2) is 28.7 Å². The lowest BCUT2D eigenvalue weighted by molar-refractivity contribution is -0.117. The Bertz CT molecular complexity index is 314. The fourth-order valence-electron chi connectivity index (χ4n) is 0.777. The molecule has 0 bridgehead atoms. The van der Waals surface area contributed by atoms with Gasteiger partial charge < -0.3 is 4.74 Å². The van der Waals surface area contributed by atoms with Crippen molar-refractivity contribution >= 4 is 32.8 Å². The highest BCUT2D eigenvalue weighted by molar-refractivity contribution is 9.10. The standard InChI is InChI=1S/C9H8BrClO2/c1-6(9(11)12)13-8-5-3-2-4-7(8)10/h2-6H,1H3/t6-/m1/s1. The average molecular weight is 264 g/mol. The first-order chi connectivity index (χ1) is 6.11. The molecule has 13 heavy (non-hydrogen) atoms. The van der Waals surface area contributed by atoms with E-state index >= 15 is 0 Å². The molecule has 0 heterocycles. The molecule has 2 nitrogen and oxygen atoms in total. The molecule has 4 heteroatoms. The Morgan fingerprint density at radius 3 is 2.69 bits per heavy atom. The summed E-state index contributed by atoms with van der Waals surface area (Å²) in [5.74, 6) is 0.615. The minimum absolute atomic E-state index is 0.504. The van der Waals surface area contributed by atoms with E-state index in [9.17, 15) is 4.79 Å². The number of benzene rings is 1. The van der Waals surface area contributed by atoms with Crippen LogP contribution in [-0.4, -0.2) is 11.3 Å². The fourth-order valence-corrected chi connectivity index (χ4v) is 1.20. The Morgan fingerprint density at radius 2 is 2.15 bits per heavy atom. The van der Waals surface area contributed by atoms with Crippen LogP contribution in [0.5, 0.6) is 5.75 Å². The van der Waals surface area contributed by atoms with Gasteiger partial charge in [-0.05, 0) is 46.6 Å². The van der Waals surface area contributed by atoms with E-state index in [-0.39, 0.29) is 0 Å². The van der Waals surface area contributed by atoms with Gasteiger partial charge >= 0.3 is 0 Å². The third-order valence-corrected chi connectivity index (χ3v) is 2.42. The molecule has 0 amide bonds. The molecule has 0 saturated carbocycles. The summed E-state index contributed by atoms with van der Waals surface area (Å²) in [6.07, 6.45) is -0.625. The summed E-state index contributed by atoms with van der Waals surface area (Å²) in [4.78, 5) is 10.7. The molecule has 0 radical (unpaired) electrons. The molecular weight excluding hydrogens is 255 g/mol. The topological polar surface area (TPSA) is 26.3 Å². The third-order valence-electron chi connectivity index (χ3n) is 1.46. The predicted molar refractivity (Wildman–Crippen MR) is 55.1 cm³/mol. The number of halogens is 2. The van der Waals surface area contributed by atoms with Gasteiger partial charge in [0, 0.05) is 0 Å². The maximum Gasteiger partial charge on any atom is 0.262 e. The predicted octanol–water partition coefficient (Wildman–Crippen LogP) is 2.98. The minimum Gasteiger partial charge on any atom is -0.480 e. The van der Waals surface area contributed by atoms with Gasteiger partial charge in [0.05, 0.1) is 4.47 Å². The van der Waals surface area contributed by atoms with E-state index in [0.717, 1.165) is 4.47 Å². The van der Waals surface area contributed by atoms with Gasteiger partial charge in [0.1, 0.15) is 5.75 Å². The van der Waals surface area contributed by atoms with Crippen molar-refractivity contribution in [2.45, 2.75) is 13.0 Å². The quantitative estimate of drug-likeness (QED) is 0.784. The van der Waals surface area contributed by atoms with Crippen molar-refractivity contribution in [1.82, 2.24) is 0 Å². The minimum atomic E-state index is -0.625. The summed E-state index contributed by atoms with van der Waals surface area (Å²) >= 11 is 8.55. The van der Waals surface area contributed by atoms with Gasteiger partial charge in [-0.3, -0.25) is 4.79 Å². The van der Waals surface area contributed by atoms with Crippen LogP contribution >= 0.6 is 27.5 Å². The van der Waals surface area contributed by atoms with Gasteiger partial charge in [-0.15, -0.1) is 0 Å². The Morgan fingerprint density at radius 1 is 1.54 bits per heavy atom. The van der Waals surface area contributed by atoms with E-state index in [1.165, 1.54) is 0 Å². The second kappa shape index (κ2) is 4.63. The molecule has 0 unspecified atom stereocenters. The summed E-state index contributed by atoms with van der Waals surface area (Å²) in [5, 5.41) is -0.504. The summed E-state index contributed by atoms with van der Waals surface area (Å²) < 4.78 is 6.08. The zero-order chi connectivity index (χ0) is 9.84. The van der Waals surface area contributed by atoms with E-state index in [0.29, 0.717) is 5.75 Å². The van der Waals surface area contributed by atoms with Crippen molar-refractivity contribution in [3.8, 4) is 5.75 Å². The molecule has 0 aromatic heterocycles. The average Bonchev–Trinajstić information content (AvgIpc) is 2.08. The molecule has 1 aromatic rings. The van der Waals surface area contributed by atoms with Crippen LogP contribution in [0.3, 0.4) is 0 Å².